The number of nitrogens with two attached hydrogens (primary N) is 1. The van der Waals surface area contributed by atoms with Crippen molar-refractivity contribution in [3.8, 4) is 0 Å². The third-order valence-corrected chi connectivity index (χ3v) is 1.69. The lowest BCUT2D eigenvalue weighted by Gasteiger charge is -2.21. The Bertz CT molecular complexity index is 276. The van der Waals surface area contributed by atoms with Crippen molar-refractivity contribution in [1.82, 2.24) is 4.98 Å². The van der Waals surface area contributed by atoms with Crippen LogP contribution >= 0.6 is 0 Å². The second-order valence-corrected chi connectivity index (χ2v) is 3.02. The normalized spacial score (nSPS) is 11.7. The minimum absolute atomic E-state index is 0.391. The smallest absolute Gasteiger partial charge is 0.141 e. The number of hydrogen-bond acceptors (Lipinski definition) is 3. The van der Waals surface area contributed by atoms with Crippen molar-refractivity contribution in [1.29, 1.82) is 0 Å². The van der Waals surface area contributed by atoms with E-state index in [-0.39, 0.29) is 0 Å². The van der Waals surface area contributed by atoms with E-state index in [2.05, 4.69) is 9.82 Å². The largest absolute Gasteiger partial charge is 0.294 e. The lowest BCUT2D eigenvalue weighted by Crippen LogP contribution is -2.25. The van der Waals surface area contributed by atoms with Gasteiger partial charge in [-0.05, 0) is 19.9 Å². The quantitative estimate of drug-likeness (QED) is 0.681. The number of aromatic nitrogens is 1. The zero-order chi connectivity index (χ0) is 9.19. The van der Waals surface area contributed by atoms with Crippen molar-refractivity contribution in [3.05, 3.63) is 29.8 Å². The standard InChI is InChI=1S/C8H11FN2O/c1-8(2,12-10)6-3-7(9)5-11-4-6/h3-5H,10H2,1-2H3. The Morgan fingerprint density at radius 2 is 2.17 bits per heavy atom. The fourth-order valence-electron chi connectivity index (χ4n) is 0.809. The Morgan fingerprint density at radius 1 is 1.50 bits per heavy atom. The Morgan fingerprint density at radius 3 is 2.67 bits per heavy atom. The van der Waals surface area contributed by atoms with E-state index in [4.69, 9.17) is 5.90 Å². The van der Waals surface area contributed by atoms with Crippen molar-refractivity contribution in [3.63, 3.8) is 0 Å². The first-order valence-corrected chi connectivity index (χ1v) is 3.55. The van der Waals surface area contributed by atoms with E-state index >= 15 is 0 Å². The molecule has 0 aliphatic heterocycles. The monoisotopic (exact) mass is 170 g/mol. The summed E-state index contributed by atoms with van der Waals surface area (Å²) in [6.07, 6.45) is 2.66. The van der Waals surface area contributed by atoms with Crippen molar-refractivity contribution < 1.29 is 9.23 Å². The van der Waals surface area contributed by atoms with Gasteiger partial charge in [-0.3, -0.25) is 9.82 Å². The molecule has 1 heterocycles. The first kappa shape index (κ1) is 9.09. The molecule has 0 spiro atoms. The van der Waals surface area contributed by atoms with E-state index in [0.29, 0.717) is 5.56 Å². The topological polar surface area (TPSA) is 48.1 Å². The lowest BCUT2D eigenvalue weighted by atomic mass is 10.0. The SMILES string of the molecule is CC(C)(ON)c1cncc(F)c1. The lowest BCUT2D eigenvalue weighted by molar-refractivity contribution is -0.0240. The Hall–Kier alpha value is -1.00. The number of halogens is 1. The highest BCUT2D eigenvalue weighted by Crippen LogP contribution is 2.21. The summed E-state index contributed by atoms with van der Waals surface area (Å²) in [5, 5.41) is 0. The molecule has 3 nitrogen and oxygen atoms in total. The molecule has 0 aromatic carbocycles. The number of rotatable bonds is 2. The predicted octanol–water partition coefficient (Wildman–Crippen LogP) is 1.35. The van der Waals surface area contributed by atoms with Crippen LogP contribution in [0.25, 0.3) is 0 Å². The van der Waals surface area contributed by atoms with Gasteiger partial charge in [0.1, 0.15) is 11.4 Å². The van der Waals surface area contributed by atoms with Crippen LogP contribution in [-0.2, 0) is 10.4 Å². The van der Waals surface area contributed by atoms with E-state index in [9.17, 15) is 4.39 Å². The summed E-state index contributed by atoms with van der Waals surface area (Å²) in [6.45, 7) is 3.48. The summed E-state index contributed by atoms with van der Waals surface area (Å²) < 4.78 is 12.7. The molecule has 0 fully saturated rings. The van der Waals surface area contributed by atoms with Crippen LogP contribution in [0, 0.1) is 5.82 Å². The van der Waals surface area contributed by atoms with E-state index < -0.39 is 11.4 Å². The molecule has 0 unspecified atom stereocenters. The van der Waals surface area contributed by atoms with Crippen molar-refractivity contribution in [2.45, 2.75) is 19.4 Å². The average molecular weight is 170 g/mol. The first-order valence-electron chi connectivity index (χ1n) is 3.55. The van der Waals surface area contributed by atoms with Crippen LogP contribution in [0.4, 0.5) is 4.39 Å². The molecule has 0 saturated carbocycles. The van der Waals surface area contributed by atoms with Gasteiger partial charge in [-0.15, -0.1) is 0 Å². The van der Waals surface area contributed by atoms with E-state index in [1.165, 1.54) is 12.3 Å². The van der Waals surface area contributed by atoms with Gasteiger partial charge in [-0.1, -0.05) is 0 Å². The van der Waals surface area contributed by atoms with Gasteiger partial charge in [0.25, 0.3) is 0 Å². The molecule has 66 valence electrons. The highest BCUT2D eigenvalue weighted by molar-refractivity contribution is 5.17. The van der Waals surface area contributed by atoms with Gasteiger partial charge in [0.2, 0.25) is 0 Å². The average Bonchev–Trinajstić information content (AvgIpc) is 2.05. The molecule has 0 radical (unpaired) electrons. The van der Waals surface area contributed by atoms with Gasteiger partial charge in [-0.25, -0.2) is 10.3 Å². The fourth-order valence-corrected chi connectivity index (χ4v) is 0.809. The van der Waals surface area contributed by atoms with Gasteiger partial charge in [0.15, 0.2) is 0 Å². The highest BCUT2D eigenvalue weighted by Gasteiger charge is 2.20. The summed E-state index contributed by atoms with van der Waals surface area (Å²) >= 11 is 0. The van der Waals surface area contributed by atoms with Crippen LogP contribution in [0.5, 0.6) is 0 Å². The van der Waals surface area contributed by atoms with Crippen LogP contribution in [0.3, 0.4) is 0 Å². The summed E-state index contributed by atoms with van der Waals surface area (Å²) in [6, 6.07) is 1.35. The van der Waals surface area contributed by atoms with E-state index in [0.717, 1.165) is 6.20 Å². The second kappa shape index (κ2) is 3.16. The summed E-state index contributed by atoms with van der Waals surface area (Å²) in [7, 11) is 0. The minimum Gasteiger partial charge on any atom is -0.294 e. The maximum absolute atomic E-state index is 12.7. The molecular formula is C8H11FN2O. The fraction of sp³-hybridized carbons (Fsp3) is 0.375. The predicted molar refractivity (Wildman–Crippen MR) is 42.5 cm³/mol. The molecule has 0 aliphatic rings. The Labute approximate surface area is 70.3 Å². The van der Waals surface area contributed by atoms with Crippen molar-refractivity contribution in [2.24, 2.45) is 5.90 Å². The number of hydrogen-bond donors (Lipinski definition) is 1. The van der Waals surface area contributed by atoms with Gasteiger partial charge in [-0.2, -0.15) is 0 Å². The van der Waals surface area contributed by atoms with Crippen molar-refractivity contribution in [2.75, 3.05) is 0 Å². The Kier molecular flexibility index (Phi) is 2.40. The summed E-state index contributed by atoms with van der Waals surface area (Å²) in [5.74, 6) is 4.65. The summed E-state index contributed by atoms with van der Waals surface area (Å²) in [4.78, 5) is 8.36. The highest BCUT2D eigenvalue weighted by atomic mass is 19.1. The van der Waals surface area contributed by atoms with Gasteiger partial charge >= 0.3 is 0 Å². The molecule has 2 N–H and O–H groups in total. The molecule has 4 heteroatoms. The third-order valence-electron chi connectivity index (χ3n) is 1.69. The van der Waals surface area contributed by atoms with Crippen LogP contribution in [0.15, 0.2) is 18.5 Å². The van der Waals surface area contributed by atoms with Crippen molar-refractivity contribution >= 4 is 0 Å². The van der Waals surface area contributed by atoms with Gasteiger partial charge in [0.05, 0.1) is 6.20 Å². The van der Waals surface area contributed by atoms with Crippen LogP contribution in [-0.4, -0.2) is 4.98 Å². The molecule has 0 atom stereocenters. The number of nitrogens with zero attached hydrogens (tertiary/aromatic N) is 1. The molecule has 0 aliphatic carbocycles. The summed E-state index contributed by atoms with van der Waals surface area (Å²) in [5.41, 5.74) is -0.0836. The first-order chi connectivity index (χ1) is 5.56. The zero-order valence-corrected chi connectivity index (χ0v) is 7.04. The zero-order valence-electron chi connectivity index (χ0n) is 7.04. The molecule has 1 rings (SSSR count). The number of pyridine rings is 1. The van der Waals surface area contributed by atoms with Crippen LogP contribution < -0.4 is 5.90 Å². The minimum atomic E-state index is -0.699. The van der Waals surface area contributed by atoms with Crippen LogP contribution in [0.2, 0.25) is 0 Å². The molecule has 1 aromatic heterocycles. The second-order valence-electron chi connectivity index (χ2n) is 3.02. The molecule has 0 bridgehead atoms. The molecule has 0 saturated heterocycles. The molecule has 1 aromatic rings. The molecule has 12 heavy (non-hydrogen) atoms. The van der Waals surface area contributed by atoms with Gasteiger partial charge < -0.3 is 0 Å². The maximum Gasteiger partial charge on any atom is 0.141 e. The Balaban J connectivity index is 3.03. The van der Waals surface area contributed by atoms with Gasteiger partial charge in [0, 0.05) is 11.8 Å². The maximum atomic E-state index is 12.7. The van der Waals surface area contributed by atoms with E-state index in [1.807, 2.05) is 0 Å². The molecule has 0 amide bonds. The van der Waals surface area contributed by atoms with Crippen LogP contribution in [0.1, 0.15) is 19.4 Å². The molecular weight excluding hydrogens is 159 g/mol. The third kappa shape index (κ3) is 1.78. The van der Waals surface area contributed by atoms with E-state index in [1.54, 1.807) is 13.8 Å².